The van der Waals surface area contributed by atoms with E-state index >= 15 is 0 Å². The molecule has 1 N–H and O–H groups in total. The fourth-order valence-corrected chi connectivity index (χ4v) is 4.93. The van der Waals surface area contributed by atoms with Crippen LogP contribution >= 0.6 is 0 Å². The van der Waals surface area contributed by atoms with Crippen LogP contribution in [0.15, 0.2) is 42.5 Å². The summed E-state index contributed by atoms with van der Waals surface area (Å²) >= 11 is 0. The first-order chi connectivity index (χ1) is 13.4. The number of carbonyl (C=O) groups is 1. The number of nitrogens with zero attached hydrogens (tertiary/aromatic N) is 2. The van der Waals surface area contributed by atoms with E-state index < -0.39 is 10.2 Å². The van der Waals surface area contributed by atoms with Gasteiger partial charge in [-0.25, -0.2) is 0 Å². The van der Waals surface area contributed by atoms with Gasteiger partial charge >= 0.3 is 0 Å². The van der Waals surface area contributed by atoms with Gasteiger partial charge in [0.1, 0.15) is 0 Å². The van der Waals surface area contributed by atoms with Gasteiger partial charge in [-0.2, -0.15) is 17.0 Å². The maximum absolute atomic E-state index is 12.5. The summed E-state index contributed by atoms with van der Waals surface area (Å²) in [4.78, 5) is 12.5. The summed E-state index contributed by atoms with van der Waals surface area (Å²) in [6, 6.07) is 14.6. The molecule has 0 aromatic heterocycles. The van der Waals surface area contributed by atoms with Crippen molar-refractivity contribution >= 4 is 26.9 Å². The van der Waals surface area contributed by atoms with Crippen LogP contribution in [0.25, 0.3) is 10.8 Å². The van der Waals surface area contributed by atoms with Crippen LogP contribution in [-0.2, 0) is 21.4 Å². The molecule has 1 heterocycles. The summed E-state index contributed by atoms with van der Waals surface area (Å²) in [5.41, 5.74) is 1.29. The van der Waals surface area contributed by atoms with Crippen molar-refractivity contribution in [1.29, 1.82) is 0 Å². The number of piperidine rings is 1. The first kappa shape index (κ1) is 20.8. The van der Waals surface area contributed by atoms with Gasteiger partial charge < -0.3 is 5.32 Å². The van der Waals surface area contributed by atoms with Crippen molar-refractivity contribution in [3.63, 3.8) is 0 Å². The van der Waals surface area contributed by atoms with Crippen LogP contribution in [-0.4, -0.2) is 56.7 Å². The summed E-state index contributed by atoms with van der Waals surface area (Å²) in [5, 5.41) is 5.49. The molecule has 1 fully saturated rings. The van der Waals surface area contributed by atoms with E-state index in [0.29, 0.717) is 19.5 Å². The van der Waals surface area contributed by atoms with E-state index in [9.17, 15) is 13.2 Å². The first-order valence-corrected chi connectivity index (χ1v) is 11.2. The van der Waals surface area contributed by atoms with E-state index in [4.69, 9.17) is 0 Å². The highest BCUT2D eigenvalue weighted by Gasteiger charge is 2.33. The minimum atomic E-state index is -3.46. The largest absolute Gasteiger partial charge is 0.356 e. The lowest BCUT2D eigenvalue weighted by Gasteiger charge is -2.32. The Morgan fingerprint density at radius 2 is 1.93 bits per heavy atom. The SMILES string of the molecule is CN(C)S(=O)(=O)N1CCC[C@H](C(=O)NCCCc2cccc3ccccc23)C1. The molecule has 1 aliphatic heterocycles. The highest BCUT2D eigenvalue weighted by molar-refractivity contribution is 7.86. The molecule has 3 rings (SSSR count). The van der Waals surface area contributed by atoms with Gasteiger partial charge in [-0.15, -0.1) is 0 Å². The summed E-state index contributed by atoms with van der Waals surface area (Å²) in [7, 11) is -0.421. The normalized spacial score (nSPS) is 18.5. The molecular formula is C21H29N3O3S. The molecule has 1 aliphatic rings. The van der Waals surface area contributed by atoms with Crippen LogP contribution in [0, 0.1) is 5.92 Å². The van der Waals surface area contributed by atoms with Gasteiger partial charge in [-0.3, -0.25) is 4.79 Å². The van der Waals surface area contributed by atoms with Crippen LogP contribution in [0.5, 0.6) is 0 Å². The number of carbonyl (C=O) groups excluding carboxylic acids is 1. The van der Waals surface area contributed by atoms with Gasteiger partial charge in [0.15, 0.2) is 0 Å². The van der Waals surface area contributed by atoms with Gasteiger partial charge in [0.05, 0.1) is 5.92 Å². The molecule has 1 atom stereocenters. The minimum Gasteiger partial charge on any atom is -0.356 e. The quantitative estimate of drug-likeness (QED) is 0.722. The summed E-state index contributed by atoms with van der Waals surface area (Å²) in [6.45, 7) is 1.33. The molecule has 1 amide bonds. The maximum atomic E-state index is 12.5. The van der Waals surface area contributed by atoms with E-state index in [0.717, 1.165) is 19.3 Å². The topological polar surface area (TPSA) is 69.7 Å². The van der Waals surface area contributed by atoms with Gasteiger partial charge in [0.2, 0.25) is 5.91 Å². The number of hydrogen-bond acceptors (Lipinski definition) is 3. The molecule has 0 unspecified atom stereocenters. The fraction of sp³-hybridized carbons (Fsp3) is 0.476. The molecule has 6 nitrogen and oxygen atoms in total. The molecule has 2 aromatic carbocycles. The zero-order valence-electron chi connectivity index (χ0n) is 16.6. The van der Waals surface area contributed by atoms with Crippen molar-refractivity contribution in [2.45, 2.75) is 25.7 Å². The van der Waals surface area contributed by atoms with Crippen LogP contribution in [0.1, 0.15) is 24.8 Å². The van der Waals surface area contributed by atoms with Crippen molar-refractivity contribution in [2.75, 3.05) is 33.7 Å². The smallest absolute Gasteiger partial charge is 0.281 e. The second-order valence-electron chi connectivity index (χ2n) is 7.52. The molecule has 0 saturated carbocycles. The predicted octanol–water partition coefficient (Wildman–Crippen LogP) is 2.41. The number of benzene rings is 2. The second kappa shape index (κ2) is 9.03. The Kier molecular flexibility index (Phi) is 6.69. The number of fused-ring (bicyclic) bond motifs is 1. The molecule has 0 aliphatic carbocycles. The van der Waals surface area contributed by atoms with Crippen molar-refractivity contribution in [1.82, 2.24) is 13.9 Å². The van der Waals surface area contributed by atoms with Gasteiger partial charge in [-0.05, 0) is 42.0 Å². The van der Waals surface area contributed by atoms with Crippen LogP contribution in [0.3, 0.4) is 0 Å². The molecule has 28 heavy (non-hydrogen) atoms. The molecule has 0 radical (unpaired) electrons. The van der Waals surface area contributed by atoms with Crippen LogP contribution < -0.4 is 5.32 Å². The monoisotopic (exact) mass is 403 g/mol. The van der Waals surface area contributed by atoms with Gasteiger partial charge in [0, 0.05) is 33.7 Å². The fourth-order valence-electron chi connectivity index (χ4n) is 3.74. The van der Waals surface area contributed by atoms with Crippen LogP contribution in [0.2, 0.25) is 0 Å². The predicted molar refractivity (Wildman–Crippen MR) is 112 cm³/mol. The molecule has 0 bridgehead atoms. The molecule has 2 aromatic rings. The average Bonchev–Trinajstić information content (AvgIpc) is 2.71. The van der Waals surface area contributed by atoms with E-state index in [-0.39, 0.29) is 18.4 Å². The highest BCUT2D eigenvalue weighted by atomic mass is 32.2. The van der Waals surface area contributed by atoms with E-state index in [1.807, 2.05) is 12.1 Å². The number of rotatable bonds is 7. The lowest BCUT2D eigenvalue weighted by atomic mass is 9.98. The summed E-state index contributed by atoms with van der Waals surface area (Å²) in [5.74, 6) is -0.322. The Morgan fingerprint density at radius 3 is 2.71 bits per heavy atom. The maximum Gasteiger partial charge on any atom is 0.281 e. The van der Waals surface area contributed by atoms with Gasteiger partial charge in [0.25, 0.3) is 10.2 Å². The number of hydrogen-bond donors (Lipinski definition) is 1. The zero-order chi connectivity index (χ0) is 20.1. The third-order valence-corrected chi connectivity index (χ3v) is 7.25. The van der Waals surface area contributed by atoms with Crippen molar-refractivity contribution in [3.8, 4) is 0 Å². The van der Waals surface area contributed by atoms with Crippen LogP contribution in [0.4, 0.5) is 0 Å². The first-order valence-electron chi connectivity index (χ1n) is 9.81. The molecule has 0 spiro atoms. The average molecular weight is 404 g/mol. The third kappa shape index (κ3) is 4.71. The second-order valence-corrected chi connectivity index (χ2v) is 9.66. The standard InChI is InChI=1S/C21H29N3O3S/c1-23(2)28(26,27)24-15-7-12-19(16-24)21(25)22-14-6-11-18-10-5-9-17-8-3-4-13-20(17)18/h3-5,8-10,13,19H,6-7,11-12,14-16H2,1-2H3,(H,22,25)/t19-/m0/s1. The summed E-state index contributed by atoms with van der Waals surface area (Å²) < 4.78 is 27.2. The zero-order valence-corrected chi connectivity index (χ0v) is 17.4. The van der Waals surface area contributed by atoms with E-state index in [1.54, 1.807) is 0 Å². The lowest BCUT2D eigenvalue weighted by molar-refractivity contribution is -0.126. The minimum absolute atomic E-state index is 0.0448. The Hall–Kier alpha value is -1.96. The van der Waals surface area contributed by atoms with E-state index in [1.165, 1.54) is 39.0 Å². The molecular weight excluding hydrogens is 374 g/mol. The van der Waals surface area contributed by atoms with Crippen molar-refractivity contribution in [3.05, 3.63) is 48.0 Å². The Labute approximate surface area is 167 Å². The van der Waals surface area contributed by atoms with Crippen molar-refractivity contribution in [2.24, 2.45) is 5.92 Å². The number of aryl methyl sites for hydroxylation is 1. The molecule has 1 saturated heterocycles. The number of amides is 1. The van der Waals surface area contributed by atoms with E-state index in [2.05, 4.69) is 35.6 Å². The lowest BCUT2D eigenvalue weighted by Crippen LogP contribution is -2.48. The molecule has 7 heteroatoms. The Bertz CT molecular complexity index is 922. The van der Waals surface area contributed by atoms with Gasteiger partial charge in [-0.1, -0.05) is 42.5 Å². The summed E-state index contributed by atoms with van der Waals surface area (Å²) in [6.07, 6.45) is 3.19. The Balaban J connectivity index is 1.50. The third-order valence-electron chi connectivity index (χ3n) is 5.34. The number of nitrogens with one attached hydrogen (secondary N) is 1. The highest BCUT2D eigenvalue weighted by Crippen LogP contribution is 2.21. The Morgan fingerprint density at radius 1 is 1.18 bits per heavy atom. The van der Waals surface area contributed by atoms with Crippen molar-refractivity contribution < 1.29 is 13.2 Å². The molecule has 152 valence electrons.